The lowest BCUT2D eigenvalue weighted by Gasteiger charge is -2.18. The molecule has 0 aliphatic rings. The first kappa shape index (κ1) is 20.6. The average molecular weight is 375 g/mol. The van der Waals surface area contributed by atoms with E-state index in [2.05, 4.69) is 5.10 Å². The molecule has 0 amide bonds. The van der Waals surface area contributed by atoms with Crippen LogP contribution in [-0.2, 0) is 9.47 Å². The Labute approximate surface area is 157 Å². The Morgan fingerprint density at radius 3 is 2.52 bits per heavy atom. The molecule has 2 aromatic rings. The fourth-order valence-corrected chi connectivity index (χ4v) is 2.77. The number of benzene rings is 1. The number of Topliss-reactive ketones (excluding diaryl/α,β-unsaturated/α-hetero) is 1. The Kier molecular flexibility index (Phi) is 6.66. The van der Waals surface area contributed by atoms with E-state index in [-0.39, 0.29) is 29.1 Å². The van der Waals surface area contributed by atoms with Crippen LogP contribution in [0.4, 0.5) is 4.39 Å². The van der Waals surface area contributed by atoms with Crippen molar-refractivity contribution in [2.75, 3.05) is 21.3 Å². The third kappa shape index (κ3) is 4.15. The molecule has 0 radical (unpaired) electrons. The van der Waals surface area contributed by atoms with E-state index in [1.165, 1.54) is 38.1 Å². The summed E-state index contributed by atoms with van der Waals surface area (Å²) in [6.45, 7) is 3.30. The molecule has 8 heteroatoms. The van der Waals surface area contributed by atoms with Gasteiger partial charge in [0.25, 0.3) is 0 Å². The predicted molar refractivity (Wildman–Crippen MR) is 95.4 cm³/mol. The molecule has 0 aliphatic heterocycles. The molecule has 1 aromatic carbocycles. The number of aryl methyl sites for hydroxylation is 1. The van der Waals surface area contributed by atoms with Crippen molar-refractivity contribution in [2.24, 2.45) is 5.92 Å². The largest absolute Gasteiger partial charge is 0.497 e. The van der Waals surface area contributed by atoms with Crippen LogP contribution in [0, 0.1) is 30.0 Å². The molecule has 27 heavy (non-hydrogen) atoms. The molecule has 0 saturated carbocycles. The minimum absolute atomic E-state index is 0.0394. The number of carbonyl (C=O) groups excluding carboxylic acids is 1. The molecule has 7 nitrogen and oxygen atoms in total. The summed E-state index contributed by atoms with van der Waals surface area (Å²) in [5.74, 6) is -1.15. The number of nitrogens with zero attached hydrogens (tertiary/aromatic N) is 3. The fraction of sp³-hybridized carbons (Fsp3) is 0.421. The summed E-state index contributed by atoms with van der Waals surface area (Å²) in [7, 11) is 4.39. The molecular formula is C19H22FN3O4. The smallest absolute Gasteiger partial charge is 0.185 e. The fourth-order valence-electron chi connectivity index (χ4n) is 2.77. The van der Waals surface area contributed by atoms with Gasteiger partial charge in [-0.2, -0.15) is 10.4 Å². The molecular weight excluding hydrogens is 353 g/mol. The summed E-state index contributed by atoms with van der Waals surface area (Å²) in [5.41, 5.74) is 0.565. The minimum Gasteiger partial charge on any atom is -0.497 e. The SMILES string of the molecule is COc1ccc(-n2nc(C)c(C#N)c2C(=O)C(C)CC(OC)OC)c(F)c1. The van der Waals surface area contributed by atoms with E-state index in [9.17, 15) is 14.4 Å². The Morgan fingerprint density at radius 1 is 1.33 bits per heavy atom. The summed E-state index contributed by atoms with van der Waals surface area (Å²) in [5, 5.41) is 13.7. The van der Waals surface area contributed by atoms with Crippen molar-refractivity contribution in [3.05, 3.63) is 41.0 Å². The monoisotopic (exact) mass is 375 g/mol. The summed E-state index contributed by atoms with van der Waals surface area (Å²) >= 11 is 0. The van der Waals surface area contributed by atoms with Gasteiger partial charge in [-0.1, -0.05) is 6.92 Å². The number of hydrogen-bond acceptors (Lipinski definition) is 6. The van der Waals surface area contributed by atoms with E-state index in [0.717, 1.165) is 0 Å². The molecule has 0 saturated heterocycles. The maximum atomic E-state index is 14.6. The lowest BCUT2D eigenvalue weighted by atomic mass is 9.97. The van der Waals surface area contributed by atoms with Crippen molar-refractivity contribution in [2.45, 2.75) is 26.6 Å². The minimum atomic E-state index is -0.616. The van der Waals surface area contributed by atoms with Crippen LogP contribution in [-0.4, -0.2) is 43.2 Å². The number of hydrogen-bond donors (Lipinski definition) is 0. The number of nitriles is 1. The quantitative estimate of drug-likeness (QED) is 0.521. The number of rotatable bonds is 8. The van der Waals surface area contributed by atoms with E-state index in [1.807, 2.05) is 6.07 Å². The zero-order chi connectivity index (χ0) is 20.1. The van der Waals surface area contributed by atoms with Gasteiger partial charge in [0.2, 0.25) is 0 Å². The standard InChI is InChI=1S/C19H22FN3O4/c1-11(8-17(26-4)27-5)19(24)18-14(10-21)12(2)22-23(18)16-7-6-13(25-3)9-15(16)20/h6-7,9,11,17H,8H2,1-5H3. The van der Waals surface area contributed by atoms with Crippen LogP contribution in [0.15, 0.2) is 18.2 Å². The highest BCUT2D eigenvalue weighted by Crippen LogP contribution is 2.26. The van der Waals surface area contributed by atoms with Crippen LogP contribution < -0.4 is 4.74 Å². The number of halogens is 1. The Balaban J connectivity index is 2.53. The van der Waals surface area contributed by atoms with Crippen molar-refractivity contribution < 1.29 is 23.4 Å². The summed E-state index contributed by atoms with van der Waals surface area (Å²) in [6, 6.07) is 6.21. The molecule has 1 aromatic heterocycles. The molecule has 1 unspecified atom stereocenters. The lowest BCUT2D eigenvalue weighted by molar-refractivity contribution is -0.110. The first-order valence-corrected chi connectivity index (χ1v) is 8.31. The van der Waals surface area contributed by atoms with E-state index < -0.39 is 18.0 Å². The number of ether oxygens (including phenoxy) is 3. The molecule has 0 bridgehead atoms. The Hall–Kier alpha value is -2.76. The molecule has 2 rings (SSSR count). The third-order valence-corrected chi connectivity index (χ3v) is 4.31. The molecule has 0 N–H and O–H groups in total. The van der Waals surface area contributed by atoms with Gasteiger partial charge in [-0.3, -0.25) is 4.79 Å². The van der Waals surface area contributed by atoms with Crippen molar-refractivity contribution in [1.82, 2.24) is 9.78 Å². The van der Waals surface area contributed by atoms with Crippen LogP contribution in [0.2, 0.25) is 0 Å². The number of carbonyl (C=O) groups is 1. The number of methoxy groups -OCH3 is 3. The van der Waals surface area contributed by atoms with Crippen molar-refractivity contribution >= 4 is 5.78 Å². The highest BCUT2D eigenvalue weighted by molar-refractivity contribution is 5.99. The van der Waals surface area contributed by atoms with Crippen LogP contribution in [0.3, 0.4) is 0 Å². The maximum absolute atomic E-state index is 14.6. The third-order valence-electron chi connectivity index (χ3n) is 4.31. The molecule has 1 atom stereocenters. The van der Waals surface area contributed by atoms with Gasteiger partial charge in [0.05, 0.1) is 12.8 Å². The Morgan fingerprint density at radius 2 is 2.00 bits per heavy atom. The molecule has 1 heterocycles. The van der Waals surface area contributed by atoms with Gasteiger partial charge in [0.1, 0.15) is 28.8 Å². The molecule has 0 fully saturated rings. The second-order valence-electron chi connectivity index (χ2n) is 6.05. The second kappa shape index (κ2) is 8.75. The van der Waals surface area contributed by atoms with Gasteiger partial charge in [0.15, 0.2) is 17.9 Å². The number of ketones is 1. The normalized spacial score (nSPS) is 12.1. The molecule has 0 aliphatic carbocycles. The van der Waals surface area contributed by atoms with Gasteiger partial charge in [-0.05, 0) is 19.1 Å². The second-order valence-corrected chi connectivity index (χ2v) is 6.05. The van der Waals surface area contributed by atoms with Crippen molar-refractivity contribution in [3.8, 4) is 17.5 Å². The van der Waals surface area contributed by atoms with Crippen LogP contribution in [0.5, 0.6) is 5.75 Å². The van der Waals surface area contributed by atoms with Crippen molar-refractivity contribution in [3.63, 3.8) is 0 Å². The van der Waals surface area contributed by atoms with Gasteiger partial charge in [-0.25, -0.2) is 9.07 Å². The van der Waals surface area contributed by atoms with E-state index in [0.29, 0.717) is 11.4 Å². The summed E-state index contributed by atoms with van der Waals surface area (Å²) < 4.78 is 31.0. The Bertz CT molecular complexity index is 869. The first-order valence-electron chi connectivity index (χ1n) is 8.31. The highest BCUT2D eigenvalue weighted by Gasteiger charge is 2.29. The van der Waals surface area contributed by atoms with Crippen LogP contribution >= 0.6 is 0 Å². The molecule has 0 spiro atoms. The van der Waals surface area contributed by atoms with Gasteiger partial charge < -0.3 is 14.2 Å². The maximum Gasteiger partial charge on any atom is 0.185 e. The topological polar surface area (TPSA) is 86.4 Å². The van der Waals surface area contributed by atoms with E-state index >= 15 is 0 Å². The predicted octanol–water partition coefficient (Wildman–Crippen LogP) is 3.03. The van der Waals surface area contributed by atoms with Gasteiger partial charge in [-0.15, -0.1) is 0 Å². The van der Waals surface area contributed by atoms with Crippen LogP contribution in [0.25, 0.3) is 5.69 Å². The summed E-state index contributed by atoms with van der Waals surface area (Å²) in [4.78, 5) is 13.1. The van der Waals surface area contributed by atoms with Gasteiger partial charge in [0, 0.05) is 32.6 Å². The zero-order valence-corrected chi connectivity index (χ0v) is 15.9. The average Bonchev–Trinajstić information content (AvgIpc) is 3.00. The summed E-state index contributed by atoms with van der Waals surface area (Å²) in [6.07, 6.45) is -0.281. The van der Waals surface area contributed by atoms with Crippen LogP contribution in [0.1, 0.15) is 35.1 Å². The highest BCUT2D eigenvalue weighted by atomic mass is 19.1. The van der Waals surface area contributed by atoms with Gasteiger partial charge >= 0.3 is 0 Å². The van der Waals surface area contributed by atoms with E-state index in [1.54, 1.807) is 19.9 Å². The molecule has 144 valence electrons. The zero-order valence-electron chi connectivity index (χ0n) is 15.9. The first-order chi connectivity index (χ1) is 12.9. The lowest BCUT2D eigenvalue weighted by Crippen LogP contribution is -2.24. The van der Waals surface area contributed by atoms with Crippen molar-refractivity contribution in [1.29, 1.82) is 5.26 Å². The number of aromatic nitrogens is 2. The van der Waals surface area contributed by atoms with E-state index in [4.69, 9.17) is 14.2 Å².